The number of nitrogens with zero attached hydrogens (tertiary/aromatic N) is 2. The lowest BCUT2D eigenvalue weighted by Gasteiger charge is -2.34. The van der Waals surface area contributed by atoms with Crippen LogP contribution in [0, 0.1) is 5.92 Å². The number of rotatable bonds is 3. The molecule has 1 aromatic heterocycles. The molecule has 2 aromatic rings. The number of hydrogen-bond donors (Lipinski definition) is 1. The summed E-state index contributed by atoms with van der Waals surface area (Å²) >= 11 is 0. The summed E-state index contributed by atoms with van der Waals surface area (Å²) in [5, 5.41) is 15.2. The molecular formula is C18H22N2O2. The van der Waals surface area contributed by atoms with E-state index in [1.165, 1.54) is 10.7 Å². The Bertz CT molecular complexity index is 686. The molecule has 0 spiro atoms. The van der Waals surface area contributed by atoms with Crippen molar-refractivity contribution in [1.82, 2.24) is 9.78 Å². The van der Waals surface area contributed by atoms with Crippen LogP contribution < -0.4 is 5.56 Å². The molecule has 0 saturated heterocycles. The second kappa shape index (κ2) is 6.05. The minimum atomic E-state index is -0.807. The average Bonchev–Trinajstić information content (AvgIpc) is 2.54. The molecular weight excluding hydrogens is 276 g/mol. The summed E-state index contributed by atoms with van der Waals surface area (Å²) in [7, 11) is 0. The summed E-state index contributed by atoms with van der Waals surface area (Å²) in [5.41, 5.74) is 0.763. The second-order valence-electron chi connectivity index (χ2n) is 6.49. The molecule has 4 nitrogen and oxygen atoms in total. The summed E-state index contributed by atoms with van der Waals surface area (Å²) in [4.78, 5) is 12.1. The molecule has 22 heavy (non-hydrogen) atoms. The largest absolute Gasteiger partial charge is 0.388 e. The van der Waals surface area contributed by atoms with Crippen molar-refractivity contribution in [3.8, 4) is 11.3 Å². The zero-order valence-corrected chi connectivity index (χ0v) is 12.9. The molecule has 1 aliphatic rings. The summed E-state index contributed by atoms with van der Waals surface area (Å²) in [6.07, 6.45) is 3.48. The highest BCUT2D eigenvalue weighted by molar-refractivity contribution is 5.57. The van der Waals surface area contributed by atoms with E-state index in [0.717, 1.165) is 36.9 Å². The van der Waals surface area contributed by atoms with E-state index in [2.05, 4.69) is 12.0 Å². The molecule has 0 bridgehead atoms. The summed E-state index contributed by atoms with van der Waals surface area (Å²) in [5.74, 6) is 0.653. The summed E-state index contributed by atoms with van der Waals surface area (Å²) < 4.78 is 1.42. The monoisotopic (exact) mass is 298 g/mol. The van der Waals surface area contributed by atoms with E-state index in [4.69, 9.17) is 0 Å². The molecule has 1 fully saturated rings. The number of benzene rings is 1. The van der Waals surface area contributed by atoms with Gasteiger partial charge < -0.3 is 5.11 Å². The minimum Gasteiger partial charge on any atom is -0.388 e. The van der Waals surface area contributed by atoms with E-state index in [0.29, 0.717) is 5.92 Å². The lowest BCUT2D eigenvalue weighted by molar-refractivity contribution is -0.0253. The Hall–Kier alpha value is -1.94. The van der Waals surface area contributed by atoms with Crippen LogP contribution >= 0.6 is 0 Å². The number of aliphatic hydroxyl groups is 1. The fourth-order valence-electron chi connectivity index (χ4n) is 3.06. The van der Waals surface area contributed by atoms with Gasteiger partial charge in [0.15, 0.2) is 0 Å². The Labute approximate surface area is 130 Å². The highest BCUT2D eigenvalue weighted by Crippen LogP contribution is 2.32. The normalized spacial score (nSPS) is 25.1. The van der Waals surface area contributed by atoms with E-state index < -0.39 is 5.60 Å². The van der Waals surface area contributed by atoms with E-state index in [1.54, 1.807) is 6.07 Å². The molecule has 4 heteroatoms. The van der Waals surface area contributed by atoms with Gasteiger partial charge in [0, 0.05) is 11.6 Å². The Morgan fingerprint density at radius 3 is 2.55 bits per heavy atom. The zero-order valence-electron chi connectivity index (χ0n) is 12.9. The van der Waals surface area contributed by atoms with Gasteiger partial charge in [-0.15, -0.1) is 0 Å². The predicted molar refractivity (Wildman–Crippen MR) is 86.5 cm³/mol. The predicted octanol–water partition coefficient (Wildman–Crippen LogP) is 2.85. The van der Waals surface area contributed by atoms with Gasteiger partial charge in [-0.05, 0) is 37.7 Å². The van der Waals surface area contributed by atoms with Gasteiger partial charge in [-0.1, -0.05) is 37.3 Å². The molecule has 0 amide bonds. The smallest absolute Gasteiger partial charge is 0.266 e. The molecule has 0 atom stereocenters. The first-order valence-electron chi connectivity index (χ1n) is 7.92. The first-order valence-corrected chi connectivity index (χ1v) is 7.92. The number of hydrogen-bond acceptors (Lipinski definition) is 3. The van der Waals surface area contributed by atoms with Crippen LogP contribution in [0.3, 0.4) is 0 Å². The average molecular weight is 298 g/mol. The van der Waals surface area contributed by atoms with Crippen LogP contribution in [0.25, 0.3) is 11.3 Å². The molecule has 1 aromatic carbocycles. The SMILES string of the molecule is CC1CCC(O)(Cn2nc(-c3ccccc3)ccc2=O)CC1. The van der Waals surface area contributed by atoms with Gasteiger partial charge in [-0.3, -0.25) is 4.79 Å². The van der Waals surface area contributed by atoms with Crippen molar-refractivity contribution in [1.29, 1.82) is 0 Å². The van der Waals surface area contributed by atoms with Gasteiger partial charge in [0.25, 0.3) is 5.56 Å². The van der Waals surface area contributed by atoms with Crippen LogP contribution in [-0.2, 0) is 6.54 Å². The maximum Gasteiger partial charge on any atom is 0.266 e. The van der Waals surface area contributed by atoms with Gasteiger partial charge >= 0.3 is 0 Å². The van der Waals surface area contributed by atoms with Crippen LogP contribution in [-0.4, -0.2) is 20.5 Å². The third-order valence-corrected chi connectivity index (χ3v) is 4.59. The Balaban J connectivity index is 1.86. The molecule has 1 saturated carbocycles. The maximum atomic E-state index is 12.1. The summed E-state index contributed by atoms with van der Waals surface area (Å²) in [6, 6.07) is 13.0. The van der Waals surface area contributed by atoms with Crippen molar-refractivity contribution in [2.75, 3.05) is 0 Å². The van der Waals surface area contributed by atoms with Gasteiger partial charge in [0.1, 0.15) is 0 Å². The first kappa shape index (κ1) is 15.0. The topological polar surface area (TPSA) is 55.1 Å². The molecule has 0 aliphatic heterocycles. The van der Waals surface area contributed by atoms with Crippen molar-refractivity contribution in [3.63, 3.8) is 0 Å². The molecule has 1 heterocycles. The van der Waals surface area contributed by atoms with Crippen molar-refractivity contribution in [2.45, 2.75) is 44.8 Å². The van der Waals surface area contributed by atoms with Crippen LogP contribution in [0.4, 0.5) is 0 Å². The minimum absolute atomic E-state index is 0.160. The summed E-state index contributed by atoms with van der Waals surface area (Å²) in [6.45, 7) is 2.49. The second-order valence-corrected chi connectivity index (χ2v) is 6.49. The quantitative estimate of drug-likeness (QED) is 0.948. The van der Waals surface area contributed by atoms with E-state index >= 15 is 0 Å². The number of aromatic nitrogens is 2. The van der Waals surface area contributed by atoms with E-state index in [-0.39, 0.29) is 12.1 Å². The highest BCUT2D eigenvalue weighted by Gasteiger charge is 2.32. The van der Waals surface area contributed by atoms with Gasteiger partial charge in [-0.25, -0.2) is 4.68 Å². The van der Waals surface area contributed by atoms with Crippen molar-refractivity contribution in [2.24, 2.45) is 5.92 Å². The lowest BCUT2D eigenvalue weighted by atomic mass is 9.79. The molecule has 1 N–H and O–H groups in total. The molecule has 0 radical (unpaired) electrons. The van der Waals surface area contributed by atoms with Crippen LogP contribution in [0.5, 0.6) is 0 Å². The Kier molecular flexibility index (Phi) is 4.12. The lowest BCUT2D eigenvalue weighted by Crippen LogP contribution is -2.41. The molecule has 0 unspecified atom stereocenters. The van der Waals surface area contributed by atoms with E-state index in [9.17, 15) is 9.90 Å². The maximum absolute atomic E-state index is 12.1. The van der Waals surface area contributed by atoms with Crippen molar-refractivity contribution >= 4 is 0 Å². The Morgan fingerprint density at radius 2 is 1.86 bits per heavy atom. The zero-order chi connectivity index (χ0) is 15.6. The highest BCUT2D eigenvalue weighted by atomic mass is 16.3. The Morgan fingerprint density at radius 1 is 1.18 bits per heavy atom. The fourth-order valence-corrected chi connectivity index (χ4v) is 3.06. The third-order valence-electron chi connectivity index (χ3n) is 4.59. The van der Waals surface area contributed by atoms with Crippen molar-refractivity contribution in [3.05, 3.63) is 52.8 Å². The van der Waals surface area contributed by atoms with Crippen molar-refractivity contribution < 1.29 is 5.11 Å². The van der Waals surface area contributed by atoms with E-state index in [1.807, 2.05) is 30.3 Å². The van der Waals surface area contributed by atoms with Crippen LogP contribution in [0.15, 0.2) is 47.3 Å². The van der Waals surface area contributed by atoms with Gasteiger partial charge in [-0.2, -0.15) is 5.10 Å². The van der Waals surface area contributed by atoms with Crippen LogP contribution in [0.1, 0.15) is 32.6 Å². The van der Waals surface area contributed by atoms with Crippen LogP contribution in [0.2, 0.25) is 0 Å². The van der Waals surface area contributed by atoms with Gasteiger partial charge in [0.05, 0.1) is 17.8 Å². The third kappa shape index (κ3) is 3.28. The van der Waals surface area contributed by atoms with Gasteiger partial charge in [0.2, 0.25) is 0 Å². The fraction of sp³-hybridized carbons (Fsp3) is 0.444. The standard InChI is InChI=1S/C18H22N2O2/c1-14-9-11-18(22,12-10-14)13-20-17(21)8-7-16(19-20)15-5-3-2-4-6-15/h2-8,14,22H,9-13H2,1H3. The molecule has 3 rings (SSSR count). The molecule has 1 aliphatic carbocycles. The molecule has 116 valence electrons. The first-order chi connectivity index (χ1) is 10.6.